The van der Waals surface area contributed by atoms with Gasteiger partial charge in [-0.15, -0.1) is 0 Å². The summed E-state index contributed by atoms with van der Waals surface area (Å²) in [4.78, 5) is 40.8. The average Bonchev–Trinajstić information content (AvgIpc) is 3.12. The summed E-state index contributed by atoms with van der Waals surface area (Å²) >= 11 is 0. The third-order valence-electron chi connectivity index (χ3n) is 8.01. The van der Waals surface area contributed by atoms with E-state index in [1.165, 1.54) is 12.2 Å². The minimum absolute atomic E-state index is 0.242. The molecule has 3 aliphatic heterocycles. The number of carboxylic acids is 2. The number of aliphatic hydroxyl groups excluding tert-OH is 14. The van der Waals surface area contributed by atoms with Crippen LogP contribution in [0.4, 0.5) is 0 Å². The molecular weight excluding hydrogens is 764 g/mol. The van der Waals surface area contributed by atoms with Crippen molar-refractivity contribution in [2.45, 2.75) is 152 Å². The van der Waals surface area contributed by atoms with Gasteiger partial charge in [0.25, 0.3) is 0 Å². The van der Waals surface area contributed by atoms with Gasteiger partial charge >= 0.3 is 11.9 Å². The molecule has 328 valence electrons. The minimum Gasteiger partial charge on any atom is -0.493 e. The first-order valence-electron chi connectivity index (χ1n) is 16.8. The summed E-state index contributed by atoms with van der Waals surface area (Å²) in [6, 6.07) is 0. The monoisotopic (exact) mass is 822 g/mol. The number of hydrogen-bond donors (Lipinski definition) is 16. The Morgan fingerprint density at radius 3 is 1.25 bits per heavy atom. The zero-order chi connectivity index (χ0) is 44.5. The molecule has 3 aliphatic rings. The fraction of sp³-hybridized carbons (Fsp3) is 0.758. The van der Waals surface area contributed by atoms with Gasteiger partial charge in [0.05, 0.1) is 18.0 Å². The molecule has 23 nitrogen and oxygen atoms in total. The number of hydrogen-bond acceptors (Lipinski definition) is 21. The molecule has 1 saturated heterocycles. The summed E-state index contributed by atoms with van der Waals surface area (Å²) in [6.07, 6.45) is -17.4. The highest BCUT2D eigenvalue weighted by molar-refractivity contribution is 5.87. The average molecular weight is 823 g/mol. The molecule has 0 aromatic heterocycles. The van der Waals surface area contributed by atoms with Crippen LogP contribution in [0.15, 0.2) is 23.7 Å². The number of carbonyl (C=O) groups is 4. The summed E-state index contributed by atoms with van der Waals surface area (Å²) < 4.78 is 15.3. The lowest BCUT2D eigenvalue weighted by atomic mass is 9.97. The predicted octanol–water partition coefficient (Wildman–Crippen LogP) is -6.60. The summed E-state index contributed by atoms with van der Waals surface area (Å²) in [6.45, 7) is 10.2. The Labute approximate surface area is 321 Å². The van der Waals surface area contributed by atoms with Gasteiger partial charge in [-0.2, -0.15) is 0 Å². The van der Waals surface area contributed by atoms with E-state index in [4.69, 9.17) is 80.6 Å². The number of ether oxygens (including phenoxy) is 3. The van der Waals surface area contributed by atoms with Gasteiger partial charge in [0, 0.05) is 0 Å². The highest BCUT2D eigenvalue weighted by Crippen LogP contribution is 2.20. The molecule has 0 aliphatic carbocycles. The molecule has 0 aromatic rings. The van der Waals surface area contributed by atoms with Gasteiger partial charge in [-0.1, -0.05) is 0 Å². The van der Waals surface area contributed by atoms with E-state index in [1.54, 1.807) is 34.6 Å². The quantitative estimate of drug-likeness (QED) is 0.103. The summed E-state index contributed by atoms with van der Waals surface area (Å²) in [5.41, 5.74) is 0. The zero-order valence-electron chi connectivity index (χ0n) is 31.7. The van der Waals surface area contributed by atoms with Crippen molar-refractivity contribution in [3.8, 4) is 0 Å². The summed E-state index contributed by atoms with van der Waals surface area (Å²) in [5.74, 6) is -3.99. The van der Waals surface area contributed by atoms with E-state index in [1.807, 2.05) is 0 Å². The molecule has 3 rings (SSSR count). The minimum atomic E-state index is -2.25. The molecule has 0 spiro atoms. The number of carbonyl (C=O) groups excluding carboxylic acids is 2. The van der Waals surface area contributed by atoms with E-state index < -0.39 is 121 Å². The number of ketones is 2. The van der Waals surface area contributed by atoms with Crippen LogP contribution in [-0.2, 0) is 33.4 Å². The number of carboxylic acid groups (broad SMARTS) is 2. The highest BCUT2D eigenvalue weighted by atomic mass is 16.5. The lowest BCUT2D eigenvalue weighted by Gasteiger charge is -2.37. The maximum absolute atomic E-state index is 10.5. The molecule has 16 atom stereocenters. The number of aliphatic hydroxyl groups is 14. The Morgan fingerprint density at radius 1 is 0.554 bits per heavy atom. The van der Waals surface area contributed by atoms with E-state index in [0.29, 0.717) is 11.5 Å². The molecule has 23 heteroatoms. The maximum Gasteiger partial charge on any atom is 0.335 e. The van der Waals surface area contributed by atoms with Crippen molar-refractivity contribution in [3.63, 3.8) is 0 Å². The second kappa shape index (κ2) is 25.9. The summed E-state index contributed by atoms with van der Waals surface area (Å²) in [5, 5.41) is 142. The van der Waals surface area contributed by atoms with Gasteiger partial charge < -0.3 is 95.9 Å². The van der Waals surface area contributed by atoms with E-state index in [0.717, 1.165) is 13.8 Å². The first kappa shape index (κ1) is 54.9. The van der Waals surface area contributed by atoms with Gasteiger partial charge in [0.15, 0.2) is 23.8 Å². The van der Waals surface area contributed by atoms with E-state index in [9.17, 15) is 34.5 Å². The van der Waals surface area contributed by atoms with Crippen LogP contribution in [-0.4, -0.2) is 216 Å². The zero-order valence-corrected chi connectivity index (χ0v) is 31.7. The Morgan fingerprint density at radius 2 is 0.929 bits per heavy atom. The van der Waals surface area contributed by atoms with Crippen LogP contribution in [0.25, 0.3) is 0 Å². The van der Waals surface area contributed by atoms with E-state index in [2.05, 4.69) is 0 Å². The van der Waals surface area contributed by atoms with Crippen molar-refractivity contribution < 1.29 is 115 Å². The molecule has 0 bridgehead atoms. The van der Waals surface area contributed by atoms with Crippen molar-refractivity contribution in [1.82, 2.24) is 0 Å². The highest BCUT2D eigenvalue weighted by Gasteiger charge is 2.39. The molecule has 3 heterocycles. The lowest BCUT2D eigenvalue weighted by Crippen LogP contribution is -2.55. The normalized spacial score (nSPS) is 32.7. The molecule has 0 aromatic carbocycles. The smallest absolute Gasteiger partial charge is 0.335 e. The van der Waals surface area contributed by atoms with Crippen LogP contribution in [0.3, 0.4) is 0 Å². The van der Waals surface area contributed by atoms with Crippen LogP contribution in [0.1, 0.15) is 48.5 Å². The first-order valence-corrected chi connectivity index (χ1v) is 16.8. The van der Waals surface area contributed by atoms with Gasteiger partial charge in [-0.3, -0.25) is 9.59 Å². The van der Waals surface area contributed by atoms with Crippen molar-refractivity contribution in [3.05, 3.63) is 23.7 Å². The number of Topliss-reactive ketones (excluding diaryl/α,β-unsaturated/α-hetero) is 2. The largest absolute Gasteiger partial charge is 0.493 e. The Hall–Kier alpha value is -3.24. The Balaban J connectivity index is 0. The first-order chi connectivity index (χ1) is 25.5. The number of aliphatic carboxylic acids is 2. The van der Waals surface area contributed by atoms with Crippen LogP contribution >= 0.6 is 0 Å². The maximum atomic E-state index is 10.5. The van der Waals surface area contributed by atoms with Crippen molar-refractivity contribution in [2.24, 2.45) is 0 Å². The van der Waals surface area contributed by atoms with Crippen LogP contribution in [0.2, 0.25) is 0 Å². The standard InChI is InChI=1S/C7H12O7.C7H12O4.C7H14O4.C7H12O3.C5H8O5/c1-2(8)3(9)4(10)5(11)6(12)7(13)14;1-4-7(10)6(9)2-5(3-8)11-4;1-3-5(8)7(10)6(9)4(2)11-3;1-4-3-6(8)7(9)5(2)10-4;1-2(6)3(7)4(8)5(9)10/h3-6,9-12H,1H3,(H,13,14);2,4,6-10H,3H2,1H3;3-10H,1-2H3;3,5-9H,1-2H3;3-4,7-8H,1H3,(H,9,10). The lowest BCUT2D eigenvalue weighted by molar-refractivity contribution is -0.211. The summed E-state index contributed by atoms with van der Waals surface area (Å²) in [7, 11) is 0. The molecule has 1 fully saturated rings. The van der Waals surface area contributed by atoms with E-state index in [-0.39, 0.29) is 12.7 Å². The van der Waals surface area contributed by atoms with Gasteiger partial charge in [-0.05, 0) is 60.6 Å². The van der Waals surface area contributed by atoms with Gasteiger partial charge in [0.1, 0.15) is 91.7 Å². The fourth-order valence-electron chi connectivity index (χ4n) is 4.40. The molecule has 16 N–H and O–H groups in total. The number of allylic oxidation sites excluding steroid dienone is 1. The predicted molar refractivity (Wildman–Crippen MR) is 185 cm³/mol. The van der Waals surface area contributed by atoms with Gasteiger partial charge in [-0.25, -0.2) is 9.59 Å². The third kappa shape index (κ3) is 18.4. The molecular formula is C33H58O23. The Bertz CT molecular complexity index is 1220. The molecule has 56 heavy (non-hydrogen) atoms. The molecule has 0 amide bonds. The second-order valence-corrected chi connectivity index (χ2v) is 12.9. The topological polar surface area (TPSA) is 420 Å². The van der Waals surface area contributed by atoms with Gasteiger partial charge in [0.2, 0.25) is 0 Å². The van der Waals surface area contributed by atoms with Crippen molar-refractivity contribution in [2.75, 3.05) is 6.61 Å². The molecule has 0 saturated carbocycles. The third-order valence-corrected chi connectivity index (χ3v) is 8.01. The van der Waals surface area contributed by atoms with Crippen molar-refractivity contribution >= 4 is 23.5 Å². The van der Waals surface area contributed by atoms with Crippen molar-refractivity contribution in [1.29, 1.82) is 0 Å². The fourth-order valence-corrected chi connectivity index (χ4v) is 4.40. The van der Waals surface area contributed by atoms with E-state index >= 15 is 0 Å². The second-order valence-electron chi connectivity index (χ2n) is 12.9. The Kier molecular flexibility index (Phi) is 25.4. The number of rotatable bonds is 9. The van der Waals surface area contributed by atoms with Crippen LogP contribution in [0, 0.1) is 0 Å². The van der Waals surface area contributed by atoms with Crippen LogP contribution < -0.4 is 0 Å². The van der Waals surface area contributed by atoms with Crippen LogP contribution in [0.5, 0.6) is 0 Å². The molecule has 0 radical (unpaired) electrons. The molecule has 16 unspecified atom stereocenters. The SMILES string of the molecule is CC(=O)C(O)C(O)C(=O)O.CC(=O)C(O)C(O)C(O)C(O)C(=O)O.CC1=CC(O)C(O)C(C)O1.CC1OC(C)C(O)C(O)C1O.CC1OC(CO)=CC(O)C1O.